The van der Waals surface area contributed by atoms with Crippen molar-refractivity contribution in [1.82, 2.24) is 5.32 Å². The van der Waals surface area contributed by atoms with E-state index in [1.54, 1.807) is 0 Å². The lowest BCUT2D eigenvalue weighted by molar-refractivity contribution is 0.598. The maximum atomic E-state index is 12.2. The average molecular weight is 254 g/mol. The highest BCUT2D eigenvalue weighted by molar-refractivity contribution is 7.97. The molecule has 0 heterocycles. The number of thiocarbonyl (C=S) groups is 1. The van der Waals surface area contributed by atoms with Crippen molar-refractivity contribution in [2.45, 2.75) is 27.7 Å². The third-order valence-corrected chi connectivity index (χ3v) is 4.63. The number of nitrogens with one attached hydrogen (secondary N) is 1. The maximum Gasteiger partial charge on any atom is 0.445 e. The van der Waals surface area contributed by atoms with Gasteiger partial charge in [-0.2, -0.15) is 0 Å². The van der Waals surface area contributed by atoms with E-state index >= 15 is 0 Å². The van der Waals surface area contributed by atoms with Crippen molar-refractivity contribution >= 4 is 30.1 Å². The Labute approximate surface area is 103 Å². The van der Waals surface area contributed by atoms with Crippen LogP contribution < -0.4 is 10.6 Å². The van der Waals surface area contributed by atoms with Gasteiger partial charge in [0, 0.05) is 17.7 Å². The fourth-order valence-corrected chi connectivity index (χ4v) is 3.51. The average Bonchev–Trinajstić information content (AvgIpc) is 2.16. The van der Waals surface area contributed by atoms with Crippen molar-refractivity contribution in [2.24, 2.45) is 0 Å². The molecule has 16 heavy (non-hydrogen) atoms. The molecule has 0 bridgehead atoms. The molecule has 1 atom stereocenters. The minimum atomic E-state index is -1.63. The topological polar surface area (TPSA) is 29.1 Å². The second-order valence-corrected chi connectivity index (χ2v) is 6.07. The van der Waals surface area contributed by atoms with Gasteiger partial charge in [-0.15, -0.1) is 0 Å². The van der Waals surface area contributed by atoms with Crippen molar-refractivity contribution in [3.05, 3.63) is 28.8 Å². The lowest BCUT2D eigenvalue weighted by Gasteiger charge is -2.02. The van der Waals surface area contributed by atoms with Gasteiger partial charge in [-0.3, -0.25) is 0 Å². The van der Waals surface area contributed by atoms with Gasteiger partial charge < -0.3 is 5.32 Å². The van der Waals surface area contributed by atoms with Gasteiger partial charge in [0.15, 0.2) is 0 Å². The summed E-state index contributed by atoms with van der Waals surface area (Å²) in [6.45, 7) is 8.67. The number of rotatable bonds is 3. The van der Waals surface area contributed by atoms with Gasteiger partial charge in [0.2, 0.25) is 5.30 Å². The molecule has 0 saturated heterocycles. The lowest BCUT2D eigenvalue weighted by Crippen LogP contribution is -2.22. The van der Waals surface area contributed by atoms with E-state index in [1.807, 2.05) is 39.8 Å². The van der Waals surface area contributed by atoms with Gasteiger partial charge in [0.1, 0.15) is 0 Å². The predicted octanol–water partition coefficient (Wildman–Crippen LogP) is 2.96. The normalized spacial score (nSPS) is 11.1. The second kappa shape index (κ2) is 5.51. The van der Waals surface area contributed by atoms with Gasteiger partial charge in [-0.1, -0.05) is 22.3 Å². The molecule has 0 amide bonds. The Morgan fingerprint density at radius 3 is 2.25 bits per heavy atom. The van der Waals surface area contributed by atoms with Crippen LogP contribution >= 0.6 is 20.0 Å². The van der Waals surface area contributed by atoms with Crippen molar-refractivity contribution in [3.8, 4) is 0 Å². The van der Waals surface area contributed by atoms with Crippen LogP contribution in [0, 0.1) is 20.8 Å². The molecule has 0 aliphatic rings. The Morgan fingerprint density at radius 1 is 1.31 bits per heavy atom. The van der Waals surface area contributed by atoms with Crippen LogP contribution in [-0.2, 0) is 4.57 Å². The van der Waals surface area contributed by atoms with Crippen molar-refractivity contribution in [2.75, 3.05) is 6.54 Å². The van der Waals surface area contributed by atoms with E-state index < -0.39 is 7.80 Å². The number of aryl methyl sites for hydroxylation is 3. The molecule has 1 aromatic rings. The monoisotopic (exact) mass is 254 g/mol. The Kier molecular flexibility index (Phi) is 4.57. The van der Waals surface area contributed by atoms with Gasteiger partial charge in [0.05, 0.1) is 0 Å². The van der Waals surface area contributed by atoms with E-state index in [-0.39, 0.29) is 0 Å². The third-order valence-electron chi connectivity index (χ3n) is 2.35. The SMILES string of the molecule is CCNC(=S)[P+](=O)c1c(C)cc(C)cc1C. The molecule has 0 aliphatic heterocycles. The standard InChI is InChI=1S/C12H16NOPS/c1-5-13-12(16)15(14)11-9(3)6-8(2)7-10(11)4/h6-7H,5H2,1-4H3/p+1. The molecule has 0 saturated carbocycles. The number of hydrogen-bond donors (Lipinski definition) is 1. The zero-order valence-corrected chi connectivity index (χ0v) is 11.8. The first-order valence-electron chi connectivity index (χ1n) is 5.30. The van der Waals surface area contributed by atoms with E-state index in [0.29, 0.717) is 11.3 Å². The summed E-state index contributed by atoms with van der Waals surface area (Å²) in [4.78, 5) is 0. The molecule has 0 fully saturated rings. The predicted molar refractivity (Wildman–Crippen MR) is 74.2 cm³/mol. The van der Waals surface area contributed by atoms with Crippen LogP contribution in [0.25, 0.3) is 0 Å². The summed E-state index contributed by atoms with van der Waals surface area (Å²) in [7, 11) is -1.63. The Bertz CT molecular complexity index is 420. The molecule has 0 aromatic heterocycles. The summed E-state index contributed by atoms with van der Waals surface area (Å²) in [5, 5.41) is 3.84. The minimum absolute atomic E-state index is 0.451. The molecule has 1 unspecified atom stereocenters. The lowest BCUT2D eigenvalue weighted by atomic mass is 10.1. The van der Waals surface area contributed by atoms with E-state index in [1.165, 1.54) is 5.56 Å². The molecular formula is C12H17NOPS+. The van der Waals surface area contributed by atoms with E-state index in [2.05, 4.69) is 5.32 Å². The van der Waals surface area contributed by atoms with E-state index in [0.717, 1.165) is 16.4 Å². The zero-order chi connectivity index (χ0) is 12.3. The van der Waals surface area contributed by atoms with Crippen LogP contribution in [0.4, 0.5) is 0 Å². The zero-order valence-electron chi connectivity index (χ0n) is 10.1. The van der Waals surface area contributed by atoms with Crippen LogP contribution in [0.15, 0.2) is 12.1 Å². The number of benzene rings is 1. The van der Waals surface area contributed by atoms with Gasteiger partial charge in [-0.25, -0.2) is 0 Å². The molecule has 1 aromatic carbocycles. The second-order valence-electron chi connectivity index (χ2n) is 3.88. The molecule has 0 spiro atoms. The summed E-state index contributed by atoms with van der Waals surface area (Å²) in [6, 6.07) is 4.09. The van der Waals surface area contributed by atoms with Crippen LogP contribution in [0.5, 0.6) is 0 Å². The fourth-order valence-electron chi connectivity index (χ4n) is 1.82. The molecule has 86 valence electrons. The van der Waals surface area contributed by atoms with Crippen LogP contribution in [-0.4, -0.2) is 11.3 Å². The van der Waals surface area contributed by atoms with E-state index in [9.17, 15) is 4.57 Å². The van der Waals surface area contributed by atoms with Gasteiger partial charge >= 0.3 is 12.5 Å². The Balaban J connectivity index is 3.14. The quantitative estimate of drug-likeness (QED) is 0.664. The number of hydrogen-bond acceptors (Lipinski definition) is 2. The van der Waals surface area contributed by atoms with Crippen LogP contribution in [0.3, 0.4) is 0 Å². The van der Waals surface area contributed by atoms with Crippen molar-refractivity contribution in [3.63, 3.8) is 0 Å². The first-order valence-corrected chi connectivity index (χ1v) is 6.97. The molecule has 0 aliphatic carbocycles. The highest BCUT2D eigenvalue weighted by Crippen LogP contribution is 2.26. The summed E-state index contributed by atoms with van der Waals surface area (Å²) >= 11 is 5.12. The molecule has 1 N–H and O–H groups in total. The van der Waals surface area contributed by atoms with Crippen molar-refractivity contribution < 1.29 is 4.57 Å². The first-order chi connectivity index (χ1) is 7.47. The molecule has 0 radical (unpaired) electrons. The van der Waals surface area contributed by atoms with Crippen LogP contribution in [0.1, 0.15) is 23.6 Å². The Morgan fingerprint density at radius 2 is 1.81 bits per heavy atom. The summed E-state index contributed by atoms with van der Waals surface area (Å²) in [5.41, 5.74) is 3.30. The highest BCUT2D eigenvalue weighted by Gasteiger charge is 2.30. The largest absolute Gasteiger partial charge is 0.445 e. The highest BCUT2D eigenvalue weighted by atomic mass is 32.1. The molecule has 1 rings (SSSR count). The van der Waals surface area contributed by atoms with Crippen molar-refractivity contribution in [1.29, 1.82) is 0 Å². The van der Waals surface area contributed by atoms with Gasteiger partial charge in [0.25, 0.3) is 0 Å². The first kappa shape index (κ1) is 13.3. The Hall–Kier alpha value is -0.790. The summed E-state index contributed by atoms with van der Waals surface area (Å²) in [5.74, 6) is 0. The fraction of sp³-hybridized carbons (Fsp3) is 0.417. The molecular weight excluding hydrogens is 237 g/mol. The molecule has 2 nitrogen and oxygen atoms in total. The minimum Gasteiger partial charge on any atom is -0.338 e. The maximum absolute atomic E-state index is 12.2. The van der Waals surface area contributed by atoms with E-state index in [4.69, 9.17) is 12.2 Å². The summed E-state index contributed by atoms with van der Waals surface area (Å²) in [6.07, 6.45) is 0. The summed E-state index contributed by atoms with van der Waals surface area (Å²) < 4.78 is 12.7. The smallest absolute Gasteiger partial charge is 0.338 e. The molecule has 4 heteroatoms. The van der Waals surface area contributed by atoms with Gasteiger partial charge in [-0.05, 0) is 39.9 Å². The third kappa shape index (κ3) is 2.87. The van der Waals surface area contributed by atoms with Crippen LogP contribution in [0.2, 0.25) is 0 Å².